The molecule has 1 aromatic heterocycles. The fraction of sp³-hybridized carbons (Fsp3) is 0.370. The maximum atomic E-state index is 13.6. The van der Waals surface area contributed by atoms with Gasteiger partial charge in [-0.1, -0.05) is 68.4 Å². The van der Waals surface area contributed by atoms with Crippen LogP contribution in [-0.2, 0) is 22.3 Å². The highest BCUT2D eigenvalue weighted by molar-refractivity contribution is 6.02. The van der Waals surface area contributed by atoms with Crippen molar-refractivity contribution in [1.29, 1.82) is 0 Å². The van der Waals surface area contributed by atoms with E-state index >= 15 is 0 Å². The Balaban J connectivity index is 1.70. The van der Waals surface area contributed by atoms with Crippen LogP contribution in [0.1, 0.15) is 73.6 Å². The minimum Gasteiger partial charge on any atom is -0.367 e. The van der Waals surface area contributed by atoms with E-state index in [9.17, 15) is 9.59 Å². The van der Waals surface area contributed by atoms with Gasteiger partial charge >= 0.3 is 0 Å². The molecule has 0 saturated heterocycles. The van der Waals surface area contributed by atoms with E-state index in [4.69, 9.17) is 5.73 Å². The van der Waals surface area contributed by atoms with Crippen LogP contribution in [0.4, 0.5) is 5.82 Å². The first-order valence-corrected chi connectivity index (χ1v) is 11.8. The Morgan fingerprint density at radius 2 is 1.82 bits per heavy atom. The number of nitrogens with two attached hydrogens (primary N) is 1. The average Bonchev–Trinajstić information content (AvgIpc) is 3.28. The smallest absolute Gasteiger partial charge is 0.257 e. The van der Waals surface area contributed by atoms with Gasteiger partial charge in [0, 0.05) is 0 Å². The molecule has 1 aliphatic heterocycles. The molecule has 7 heteroatoms. The molecular formula is C27H33N5O2. The number of aromatic nitrogens is 2. The van der Waals surface area contributed by atoms with Gasteiger partial charge in [-0.2, -0.15) is 5.10 Å². The van der Waals surface area contributed by atoms with Crippen molar-refractivity contribution >= 4 is 17.6 Å². The van der Waals surface area contributed by atoms with Gasteiger partial charge in [-0.05, 0) is 49.8 Å². The number of primary amides is 1. The minimum absolute atomic E-state index is 0.0283. The molecule has 0 spiro atoms. The number of amides is 2. The molecule has 2 aromatic carbocycles. The number of hydrogen-bond acceptors (Lipinski definition) is 4. The van der Waals surface area contributed by atoms with Crippen LogP contribution in [0.5, 0.6) is 0 Å². The van der Waals surface area contributed by atoms with Crippen LogP contribution >= 0.6 is 0 Å². The van der Waals surface area contributed by atoms with Gasteiger partial charge in [0.05, 0.1) is 17.8 Å². The third-order valence-electron chi connectivity index (χ3n) is 6.94. The van der Waals surface area contributed by atoms with E-state index in [0.717, 1.165) is 24.0 Å². The fourth-order valence-electron chi connectivity index (χ4n) is 4.83. The van der Waals surface area contributed by atoms with Crippen molar-refractivity contribution < 1.29 is 9.59 Å². The summed E-state index contributed by atoms with van der Waals surface area (Å²) in [6, 6.07) is 17.9. The van der Waals surface area contributed by atoms with Crippen molar-refractivity contribution in [3.8, 4) is 0 Å². The van der Waals surface area contributed by atoms with Crippen molar-refractivity contribution in [2.75, 3.05) is 5.32 Å². The molecule has 178 valence electrons. The number of benzene rings is 2. The second kappa shape index (κ2) is 8.97. The van der Waals surface area contributed by atoms with Crippen molar-refractivity contribution in [2.24, 2.45) is 5.73 Å². The quantitative estimate of drug-likeness (QED) is 0.491. The lowest BCUT2D eigenvalue weighted by Crippen LogP contribution is -2.54. The molecule has 3 aromatic rings. The van der Waals surface area contributed by atoms with Gasteiger partial charge in [-0.15, -0.1) is 0 Å². The maximum absolute atomic E-state index is 13.6. The number of hydrogen-bond donors (Lipinski definition) is 3. The molecule has 0 saturated carbocycles. The van der Waals surface area contributed by atoms with Gasteiger partial charge in [0.1, 0.15) is 16.9 Å². The second-order valence-electron chi connectivity index (χ2n) is 9.57. The van der Waals surface area contributed by atoms with Crippen LogP contribution in [0.3, 0.4) is 0 Å². The maximum Gasteiger partial charge on any atom is 0.257 e. The molecule has 4 N–H and O–H groups in total. The van der Waals surface area contributed by atoms with E-state index < -0.39 is 17.4 Å². The summed E-state index contributed by atoms with van der Waals surface area (Å²) >= 11 is 0. The third kappa shape index (κ3) is 4.06. The molecule has 7 nitrogen and oxygen atoms in total. The summed E-state index contributed by atoms with van der Waals surface area (Å²) in [5.41, 5.74) is 7.60. The van der Waals surface area contributed by atoms with Crippen LogP contribution in [0.15, 0.2) is 60.8 Å². The van der Waals surface area contributed by atoms with E-state index in [-0.39, 0.29) is 11.6 Å². The Labute approximate surface area is 200 Å². The Hall–Kier alpha value is -3.61. The summed E-state index contributed by atoms with van der Waals surface area (Å²) in [6.45, 7) is 8.13. The van der Waals surface area contributed by atoms with Crippen LogP contribution < -0.4 is 16.4 Å². The SMILES string of the molecule is CCc1ccc(C(CC)(NC(=O)c2cnn3c2N[C@@H](c2ccccc2)CC3(C)C)C(N)=O)cc1. The zero-order valence-electron chi connectivity index (χ0n) is 20.3. The van der Waals surface area contributed by atoms with Gasteiger partial charge in [0.2, 0.25) is 5.91 Å². The van der Waals surface area contributed by atoms with Gasteiger partial charge in [0.25, 0.3) is 5.91 Å². The predicted octanol–water partition coefficient (Wildman–Crippen LogP) is 4.26. The molecule has 0 aliphatic carbocycles. The molecule has 2 amide bonds. The molecule has 1 aliphatic rings. The van der Waals surface area contributed by atoms with Crippen LogP contribution in [0.25, 0.3) is 0 Å². The van der Waals surface area contributed by atoms with E-state index in [1.807, 2.05) is 54.1 Å². The summed E-state index contributed by atoms with van der Waals surface area (Å²) < 4.78 is 1.86. The highest BCUT2D eigenvalue weighted by Gasteiger charge is 2.41. The highest BCUT2D eigenvalue weighted by Crippen LogP contribution is 2.40. The van der Waals surface area contributed by atoms with Crippen molar-refractivity contribution in [1.82, 2.24) is 15.1 Å². The van der Waals surface area contributed by atoms with Crippen LogP contribution in [-0.4, -0.2) is 21.6 Å². The van der Waals surface area contributed by atoms with Crippen LogP contribution in [0.2, 0.25) is 0 Å². The van der Waals surface area contributed by atoms with Gasteiger partial charge in [0.15, 0.2) is 0 Å². The van der Waals surface area contributed by atoms with Crippen LogP contribution in [0, 0.1) is 0 Å². The normalized spacial score (nSPS) is 18.3. The van der Waals surface area contributed by atoms with E-state index in [2.05, 4.69) is 48.6 Å². The summed E-state index contributed by atoms with van der Waals surface area (Å²) in [7, 11) is 0. The third-order valence-corrected chi connectivity index (χ3v) is 6.94. The molecule has 2 heterocycles. The Morgan fingerprint density at radius 3 is 2.41 bits per heavy atom. The number of anilines is 1. The molecule has 0 fully saturated rings. The largest absolute Gasteiger partial charge is 0.367 e. The lowest BCUT2D eigenvalue weighted by Gasteiger charge is -2.38. The number of fused-ring (bicyclic) bond motifs is 1. The topological polar surface area (TPSA) is 102 Å². The first kappa shape index (κ1) is 23.5. The molecule has 34 heavy (non-hydrogen) atoms. The lowest BCUT2D eigenvalue weighted by atomic mass is 9.85. The zero-order chi connectivity index (χ0) is 24.5. The predicted molar refractivity (Wildman–Crippen MR) is 133 cm³/mol. The molecule has 0 radical (unpaired) electrons. The summed E-state index contributed by atoms with van der Waals surface area (Å²) in [5.74, 6) is -0.346. The Bertz CT molecular complexity index is 1180. The number of aryl methyl sites for hydroxylation is 1. The summed E-state index contributed by atoms with van der Waals surface area (Å²) in [6.07, 6.45) is 3.59. The Morgan fingerprint density at radius 1 is 1.15 bits per heavy atom. The van der Waals surface area contributed by atoms with Gasteiger partial charge < -0.3 is 16.4 Å². The van der Waals surface area contributed by atoms with E-state index in [1.165, 1.54) is 0 Å². The molecule has 4 rings (SSSR count). The van der Waals surface area contributed by atoms with Gasteiger partial charge in [-0.3, -0.25) is 9.59 Å². The fourth-order valence-corrected chi connectivity index (χ4v) is 4.83. The van der Waals surface area contributed by atoms with Crippen molar-refractivity contribution in [2.45, 2.75) is 64.1 Å². The molecule has 1 unspecified atom stereocenters. The number of rotatable bonds is 7. The molecule has 2 atom stereocenters. The number of carbonyl (C=O) groups excluding carboxylic acids is 2. The van der Waals surface area contributed by atoms with Crippen molar-refractivity contribution in [3.05, 3.63) is 83.0 Å². The molecular weight excluding hydrogens is 426 g/mol. The van der Waals surface area contributed by atoms with Crippen molar-refractivity contribution in [3.63, 3.8) is 0 Å². The molecule has 0 bridgehead atoms. The lowest BCUT2D eigenvalue weighted by molar-refractivity contribution is -0.124. The van der Waals surface area contributed by atoms with Gasteiger partial charge in [-0.25, -0.2) is 4.68 Å². The highest BCUT2D eigenvalue weighted by atomic mass is 16.2. The number of nitrogens with zero attached hydrogens (tertiary/aromatic N) is 2. The van der Waals surface area contributed by atoms with E-state index in [0.29, 0.717) is 23.4 Å². The summed E-state index contributed by atoms with van der Waals surface area (Å²) in [5, 5.41) is 11.0. The minimum atomic E-state index is -1.32. The average molecular weight is 460 g/mol. The Kier molecular flexibility index (Phi) is 6.21. The van der Waals surface area contributed by atoms with E-state index in [1.54, 1.807) is 6.20 Å². The first-order chi connectivity index (χ1) is 16.2. The number of carbonyl (C=O) groups is 2. The zero-order valence-corrected chi connectivity index (χ0v) is 20.3. The monoisotopic (exact) mass is 459 g/mol. The standard InChI is InChI=1S/C27H33N5O2/c1-5-18-12-14-20(15-13-18)27(6-2,25(28)34)31-24(33)21-17-29-32-23(21)30-22(16-26(32,3)4)19-10-8-7-9-11-19/h7-15,17,22,30H,5-6,16H2,1-4H3,(H2,28,34)(H,31,33)/t22-,27?/m1/s1. The second-order valence-corrected chi connectivity index (χ2v) is 9.57. The first-order valence-electron chi connectivity index (χ1n) is 11.8. The summed E-state index contributed by atoms with van der Waals surface area (Å²) in [4.78, 5) is 26.3. The number of nitrogens with one attached hydrogen (secondary N) is 2.